The molecule has 1 aliphatic rings. The normalized spacial score (nSPS) is 14.6. The fraction of sp³-hybridized carbons (Fsp3) is 0. The van der Waals surface area contributed by atoms with Crippen LogP contribution in [0, 0.1) is 20.2 Å². The van der Waals surface area contributed by atoms with Gasteiger partial charge in [-0.15, -0.1) is 0 Å². The number of nitrogens with zero attached hydrogens (tertiary/aromatic N) is 2. The second-order valence-electron chi connectivity index (χ2n) is 5.30. The monoisotopic (exact) mass is 370 g/mol. The molecule has 2 N–H and O–H groups in total. The highest BCUT2D eigenvalue weighted by atomic mass is 16.6. The summed E-state index contributed by atoms with van der Waals surface area (Å²) in [6, 6.07) is 8.56. The van der Waals surface area contributed by atoms with Crippen LogP contribution >= 0.6 is 0 Å². The number of nitrogens with one attached hydrogen (secondary N) is 2. The minimum atomic E-state index is -0.775. The lowest BCUT2D eigenvalue weighted by Crippen LogP contribution is -2.22. The van der Waals surface area contributed by atoms with Gasteiger partial charge >= 0.3 is 11.7 Å². The minimum Gasteiger partial charge on any atom is -0.450 e. The summed E-state index contributed by atoms with van der Waals surface area (Å²) >= 11 is 0. The van der Waals surface area contributed by atoms with E-state index in [1.165, 1.54) is 18.2 Å². The van der Waals surface area contributed by atoms with Gasteiger partial charge in [-0.1, -0.05) is 12.1 Å². The highest BCUT2D eigenvalue weighted by molar-refractivity contribution is 6.13. The maximum Gasteiger partial charge on any atom is 0.326 e. The Kier molecular flexibility index (Phi) is 4.49. The number of benzene rings is 2. The fourth-order valence-electron chi connectivity index (χ4n) is 2.26. The molecule has 1 aliphatic heterocycles. The molecule has 3 rings (SSSR count). The van der Waals surface area contributed by atoms with Crippen molar-refractivity contribution in [3.8, 4) is 11.5 Å². The van der Waals surface area contributed by atoms with Gasteiger partial charge in [-0.25, -0.2) is 4.79 Å². The number of amides is 3. The van der Waals surface area contributed by atoms with Crippen molar-refractivity contribution in [2.45, 2.75) is 0 Å². The minimum absolute atomic E-state index is 0.0830. The first kappa shape index (κ1) is 17.5. The van der Waals surface area contributed by atoms with Gasteiger partial charge in [0.05, 0.1) is 15.9 Å². The number of non-ortho nitro benzene ring substituents is 1. The van der Waals surface area contributed by atoms with Crippen LogP contribution in [0.2, 0.25) is 0 Å². The van der Waals surface area contributed by atoms with E-state index in [0.29, 0.717) is 5.56 Å². The molecule has 0 saturated carbocycles. The van der Waals surface area contributed by atoms with Crippen molar-refractivity contribution in [2.75, 3.05) is 0 Å². The summed E-state index contributed by atoms with van der Waals surface area (Å²) in [6.07, 6.45) is 1.44. The van der Waals surface area contributed by atoms with Crippen LogP contribution in [0.5, 0.6) is 11.5 Å². The highest BCUT2D eigenvalue weighted by Crippen LogP contribution is 2.34. The average Bonchev–Trinajstić information content (AvgIpc) is 2.93. The van der Waals surface area contributed by atoms with E-state index in [0.717, 1.165) is 18.2 Å². The SMILES string of the molecule is O=C1NC(=O)/C(=C\c2ccc(Oc3ccc([N+](=O)[O-])cc3[N+](=O)[O-])cc2)N1. The fourth-order valence-corrected chi connectivity index (χ4v) is 2.26. The van der Waals surface area contributed by atoms with Crippen molar-refractivity contribution in [3.05, 3.63) is 74.0 Å². The van der Waals surface area contributed by atoms with Gasteiger partial charge in [0.2, 0.25) is 5.75 Å². The van der Waals surface area contributed by atoms with Crippen LogP contribution < -0.4 is 15.4 Å². The van der Waals surface area contributed by atoms with E-state index in [1.807, 2.05) is 0 Å². The lowest BCUT2D eigenvalue weighted by atomic mass is 10.2. The Bertz CT molecular complexity index is 998. The van der Waals surface area contributed by atoms with Crippen molar-refractivity contribution in [1.82, 2.24) is 10.6 Å². The maximum absolute atomic E-state index is 11.5. The molecule has 0 spiro atoms. The van der Waals surface area contributed by atoms with Gasteiger partial charge in [0, 0.05) is 6.07 Å². The van der Waals surface area contributed by atoms with Gasteiger partial charge in [-0.3, -0.25) is 30.3 Å². The van der Waals surface area contributed by atoms with E-state index in [2.05, 4.69) is 10.6 Å². The van der Waals surface area contributed by atoms with E-state index < -0.39 is 33.2 Å². The molecule has 136 valence electrons. The summed E-state index contributed by atoms with van der Waals surface area (Å²) in [5, 5.41) is 26.3. The molecule has 0 radical (unpaired) electrons. The molecular formula is C16H10N4O7. The van der Waals surface area contributed by atoms with E-state index >= 15 is 0 Å². The van der Waals surface area contributed by atoms with E-state index in [1.54, 1.807) is 12.1 Å². The van der Waals surface area contributed by atoms with Crippen molar-refractivity contribution in [3.63, 3.8) is 0 Å². The summed E-state index contributed by atoms with van der Waals surface area (Å²) in [5.74, 6) is -0.463. The number of carbonyl (C=O) groups is 2. The first-order valence-electron chi connectivity index (χ1n) is 7.38. The van der Waals surface area contributed by atoms with Crippen LogP contribution in [0.3, 0.4) is 0 Å². The third kappa shape index (κ3) is 3.87. The number of imide groups is 1. The van der Waals surface area contributed by atoms with Gasteiger partial charge < -0.3 is 10.1 Å². The second-order valence-corrected chi connectivity index (χ2v) is 5.30. The lowest BCUT2D eigenvalue weighted by molar-refractivity contribution is -0.394. The molecule has 11 nitrogen and oxygen atoms in total. The summed E-state index contributed by atoms with van der Waals surface area (Å²) < 4.78 is 5.43. The van der Waals surface area contributed by atoms with Crippen LogP contribution in [0.25, 0.3) is 6.08 Å². The van der Waals surface area contributed by atoms with Gasteiger partial charge in [-0.2, -0.15) is 0 Å². The molecule has 1 saturated heterocycles. The summed E-state index contributed by atoms with van der Waals surface area (Å²) in [4.78, 5) is 42.9. The number of carbonyl (C=O) groups excluding carboxylic acids is 2. The molecule has 1 fully saturated rings. The Balaban J connectivity index is 1.82. The van der Waals surface area contributed by atoms with Crippen molar-refractivity contribution < 1.29 is 24.2 Å². The number of ether oxygens (including phenoxy) is 1. The zero-order chi connectivity index (χ0) is 19.6. The van der Waals surface area contributed by atoms with Crippen LogP contribution in [-0.4, -0.2) is 21.8 Å². The molecular weight excluding hydrogens is 360 g/mol. The standard InChI is InChI=1S/C16H10N4O7/c21-15-12(17-16(22)18-15)7-9-1-4-11(5-2-9)27-14-6-3-10(19(23)24)8-13(14)20(25)26/h1-8H,(H2,17,18,21,22)/b12-7+. The zero-order valence-electron chi connectivity index (χ0n) is 13.4. The Morgan fingerprint density at radius 2 is 1.63 bits per heavy atom. The smallest absolute Gasteiger partial charge is 0.326 e. The van der Waals surface area contributed by atoms with Gasteiger partial charge in [0.25, 0.3) is 11.6 Å². The van der Waals surface area contributed by atoms with Crippen LogP contribution in [0.15, 0.2) is 48.2 Å². The predicted octanol–water partition coefficient (Wildman–Crippen LogP) is 2.48. The largest absolute Gasteiger partial charge is 0.450 e. The Hall–Kier alpha value is -4.28. The van der Waals surface area contributed by atoms with Crippen LogP contribution in [-0.2, 0) is 4.79 Å². The molecule has 0 aliphatic carbocycles. The number of hydrogen-bond acceptors (Lipinski definition) is 7. The van der Waals surface area contributed by atoms with Gasteiger partial charge in [0.15, 0.2) is 0 Å². The van der Waals surface area contributed by atoms with Crippen molar-refractivity contribution >= 4 is 29.4 Å². The highest BCUT2D eigenvalue weighted by Gasteiger charge is 2.23. The molecule has 27 heavy (non-hydrogen) atoms. The second kappa shape index (κ2) is 6.92. The molecule has 0 bridgehead atoms. The topological polar surface area (TPSA) is 154 Å². The average molecular weight is 370 g/mol. The number of rotatable bonds is 5. The van der Waals surface area contributed by atoms with E-state index in [4.69, 9.17) is 4.74 Å². The Morgan fingerprint density at radius 3 is 2.19 bits per heavy atom. The molecule has 0 atom stereocenters. The maximum atomic E-state index is 11.5. The first-order valence-corrected chi connectivity index (χ1v) is 7.38. The summed E-state index contributed by atoms with van der Waals surface area (Å²) in [6.45, 7) is 0. The Morgan fingerprint density at radius 1 is 0.926 bits per heavy atom. The number of hydrogen-bond donors (Lipinski definition) is 2. The quantitative estimate of drug-likeness (QED) is 0.354. The third-order valence-electron chi connectivity index (χ3n) is 3.49. The zero-order valence-corrected chi connectivity index (χ0v) is 13.4. The first-order chi connectivity index (χ1) is 12.8. The molecule has 2 aromatic carbocycles. The van der Waals surface area contributed by atoms with Crippen molar-refractivity contribution in [1.29, 1.82) is 0 Å². The summed E-state index contributed by atoms with van der Waals surface area (Å²) in [5.41, 5.74) is -0.304. The molecule has 1 heterocycles. The van der Waals surface area contributed by atoms with Crippen LogP contribution in [0.4, 0.5) is 16.2 Å². The Labute approximate surface area is 150 Å². The summed E-state index contributed by atoms with van der Waals surface area (Å²) in [7, 11) is 0. The van der Waals surface area contributed by atoms with Crippen LogP contribution in [0.1, 0.15) is 5.56 Å². The molecule has 0 unspecified atom stereocenters. The number of nitro benzene ring substituents is 2. The van der Waals surface area contributed by atoms with Gasteiger partial charge in [0.1, 0.15) is 11.4 Å². The molecule has 3 amide bonds. The molecule has 2 aromatic rings. The van der Waals surface area contributed by atoms with E-state index in [-0.39, 0.29) is 17.2 Å². The molecule has 0 aromatic heterocycles. The van der Waals surface area contributed by atoms with E-state index in [9.17, 15) is 29.8 Å². The lowest BCUT2D eigenvalue weighted by Gasteiger charge is -2.06. The number of urea groups is 1. The number of nitro groups is 2. The molecule has 11 heteroatoms. The third-order valence-corrected chi connectivity index (χ3v) is 3.49. The predicted molar refractivity (Wildman–Crippen MR) is 90.9 cm³/mol. The van der Waals surface area contributed by atoms with Gasteiger partial charge in [-0.05, 0) is 29.8 Å². The van der Waals surface area contributed by atoms with Crippen molar-refractivity contribution in [2.24, 2.45) is 0 Å².